The van der Waals surface area contributed by atoms with Gasteiger partial charge in [-0.25, -0.2) is 4.79 Å². The van der Waals surface area contributed by atoms with Gasteiger partial charge in [0.2, 0.25) is 0 Å². The van der Waals surface area contributed by atoms with E-state index in [4.69, 9.17) is 4.74 Å². The number of hydrogen-bond acceptors (Lipinski definition) is 6. The van der Waals surface area contributed by atoms with E-state index < -0.39 is 11.5 Å². The van der Waals surface area contributed by atoms with Crippen LogP contribution >= 0.6 is 0 Å². The summed E-state index contributed by atoms with van der Waals surface area (Å²) in [6, 6.07) is 11.6. The largest absolute Gasteiger partial charge is 0.460 e. The molecule has 28 heavy (non-hydrogen) atoms. The molecule has 1 unspecified atom stereocenters. The molecule has 0 aromatic heterocycles. The molecule has 0 fully saturated rings. The molecule has 1 aliphatic rings. The molecular formula is C22H21NO5. The minimum absolute atomic E-state index is 0.141. The smallest absolute Gasteiger partial charge is 0.333 e. The summed E-state index contributed by atoms with van der Waals surface area (Å²) in [5.41, 5.74) is 0.847. The fraction of sp³-hybridized carbons (Fsp3) is 0.227. The Balaban J connectivity index is 1.96. The minimum Gasteiger partial charge on any atom is -0.460 e. The average molecular weight is 379 g/mol. The highest BCUT2D eigenvalue weighted by Crippen LogP contribution is 2.33. The van der Waals surface area contributed by atoms with Crippen molar-refractivity contribution in [3.8, 4) is 0 Å². The first-order valence-corrected chi connectivity index (χ1v) is 8.80. The van der Waals surface area contributed by atoms with Crippen LogP contribution in [0.4, 0.5) is 5.69 Å². The fourth-order valence-electron chi connectivity index (χ4n) is 3.04. The Morgan fingerprint density at radius 3 is 2.29 bits per heavy atom. The van der Waals surface area contributed by atoms with Crippen molar-refractivity contribution in [2.75, 3.05) is 18.5 Å². The first-order chi connectivity index (χ1) is 13.3. The number of aliphatic hydroxyl groups excluding tert-OH is 1. The maximum Gasteiger partial charge on any atom is 0.333 e. The van der Waals surface area contributed by atoms with Crippen LogP contribution in [0.5, 0.6) is 0 Å². The van der Waals surface area contributed by atoms with E-state index in [0.717, 1.165) is 0 Å². The summed E-state index contributed by atoms with van der Waals surface area (Å²) >= 11 is 0. The van der Waals surface area contributed by atoms with Crippen LogP contribution in [0, 0.1) is 0 Å². The van der Waals surface area contributed by atoms with Crippen LogP contribution < -0.4 is 5.32 Å². The van der Waals surface area contributed by atoms with E-state index in [1.165, 1.54) is 6.92 Å². The molecule has 1 aliphatic carbocycles. The normalized spacial score (nSPS) is 14.5. The van der Waals surface area contributed by atoms with E-state index >= 15 is 0 Å². The van der Waals surface area contributed by atoms with Gasteiger partial charge in [0, 0.05) is 28.0 Å². The van der Waals surface area contributed by atoms with Crippen molar-refractivity contribution in [2.24, 2.45) is 0 Å². The number of anilines is 1. The van der Waals surface area contributed by atoms with E-state index in [-0.39, 0.29) is 35.9 Å². The predicted octanol–water partition coefficient (Wildman–Crippen LogP) is 2.74. The molecule has 2 aromatic rings. The van der Waals surface area contributed by atoms with Gasteiger partial charge in [-0.2, -0.15) is 0 Å². The molecular weight excluding hydrogens is 358 g/mol. The Kier molecular flexibility index (Phi) is 5.16. The van der Waals surface area contributed by atoms with E-state index in [1.807, 2.05) is 0 Å². The molecule has 6 heteroatoms. The summed E-state index contributed by atoms with van der Waals surface area (Å²) in [4.78, 5) is 37.6. The van der Waals surface area contributed by atoms with Crippen LogP contribution in [0.1, 0.15) is 45.7 Å². The molecule has 0 heterocycles. The van der Waals surface area contributed by atoms with Gasteiger partial charge in [0.15, 0.2) is 11.6 Å². The van der Waals surface area contributed by atoms with Gasteiger partial charge < -0.3 is 15.2 Å². The van der Waals surface area contributed by atoms with Crippen molar-refractivity contribution in [2.45, 2.75) is 19.4 Å². The fourth-order valence-corrected chi connectivity index (χ4v) is 3.04. The van der Waals surface area contributed by atoms with E-state index in [0.29, 0.717) is 22.4 Å². The minimum atomic E-state index is -1.06. The zero-order chi connectivity index (χ0) is 20.5. The first kappa shape index (κ1) is 19.5. The lowest BCUT2D eigenvalue weighted by Gasteiger charge is -2.31. The molecule has 0 saturated carbocycles. The van der Waals surface area contributed by atoms with Gasteiger partial charge >= 0.3 is 5.97 Å². The molecule has 2 N–H and O–H groups in total. The zero-order valence-corrected chi connectivity index (χ0v) is 15.7. The lowest BCUT2D eigenvalue weighted by atomic mass is 9.83. The number of rotatable bonds is 6. The highest BCUT2D eigenvalue weighted by atomic mass is 16.5. The van der Waals surface area contributed by atoms with E-state index in [1.54, 1.807) is 49.4 Å². The molecule has 3 rings (SSSR count). The third-order valence-electron chi connectivity index (χ3n) is 4.61. The zero-order valence-electron chi connectivity index (χ0n) is 15.7. The van der Waals surface area contributed by atoms with Gasteiger partial charge in [0.05, 0.1) is 17.7 Å². The summed E-state index contributed by atoms with van der Waals surface area (Å²) < 4.78 is 5.17. The van der Waals surface area contributed by atoms with Crippen molar-refractivity contribution in [3.05, 3.63) is 76.9 Å². The third kappa shape index (κ3) is 3.46. The molecule has 0 spiro atoms. The van der Waals surface area contributed by atoms with Crippen molar-refractivity contribution >= 4 is 23.2 Å². The highest BCUT2D eigenvalue weighted by Gasteiger charge is 2.34. The summed E-state index contributed by atoms with van der Waals surface area (Å²) in [5.74, 6) is -1.07. The second kappa shape index (κ2) is 7.40. The number of nitrogens with one attached hydrogen (secondary N) is 1. The van der Waals surface area contributed by atoms with Crippen molar-refractivity contribution in [3.63, 3.8) is 0 Å². The number of benzene rings is 2. The molecule has 0 radical (unpaired) electrons. The molecule has 0 amide bonds. The molecule has 2 aromatic carbocycles. The summed E-state index contributed by atoms with van der Waals surface area (Å²) in [6.07, 6.45) is 0. The van der Waals surface area contributed by atoms with Gasteiger partial charge in [-0.15, -0.1) is 0 Å². The van der Waals surface area contributed by atoms with Crippen molar-refractivity contribution in [1.29, 1.82) is 0 Å². The second-order valence-corrected chi connectivity index (χ2v) is 7.13. The molecule has 0 aliphatic heterocycles. The molecule has 1 atom stereocenters. The quantitative estimate of drug-likeness (QED) is 0.505. The Morgan fingerprint density at radius 2 is 1.68 bits per heavy atom. The van der Waals surface area contributed by atoms with Crippen LogP contribution in [0.15, 0.2) is 54.6 Å². The number of esters is 1. The molecule has 6 nitrogen and oxygen atoms in total. The van der Waals surface area contributed by atoms with Crippen LogP contribution in [-0.4, -0.2) is 41.4 Å². The highest BCUT2D eigenvalue weighted by molar-refractivity contribution is 6.30. The Bertz CT molecular complexity index is 994. The summed E-state index contributed by atoms with van der Waals surface area (Å²) in [6.45, 7) is 6.20. The van der Waals surface area contributed by atoms with Crippen molar-refractivity contribution in [1.82, 2.24) is 0 Å². The summed E-state index contributed by atoms with van der Waals surface area (Å²) in [5, 5.41) is 12.9. The third-order valence-corrected chi connectivity index (χ3v) is 4.61. The Labute approximate surface area is 162 Å². The molecule has 144 valence electrons. The molecule has 0 bridgehead atoms. The number of carbonyl (C=O) groups is 3. The number of aliphatic hydroxyl groups is 1. The van der Waals surface area contributed by atoms with Gasteiger partial charge in [0.25, 0.3) is 0 Å². The maximum absolute atomic E-state index is 13.1. The second-order valence-electron chi connectivity index (χ2n) is 7.13. The van der Waals surface area contributed by atoms with Gasteiger partial charge in [-0.3, -0.25) is 9.59 Å². The number of ether oxygens (including phenoxy) is 1. The number of carbonyl (C=O) groups excluding carboxylic acids is 3. The first-order valence-electron chi connectivity index (χ1n) is 8.80. The van der Waals surface area contributed by atoms with Crippen LogP contribution in [0.25, 0.3) is 0 Å². The lowest BCUT2D eigenvalue weighted by molar-refractivity contribution is -0.140. The SMILES string of the molecule is C=C(C)C(=O)OCC(C)(CO)Nc1cccc2c1C(=O)c1ccccc1C2=O. The van der Waals surface area contributed by atoms with Gasteiger partial charge in [0.1, 0.15) is 6.61 Å². The van der Waals surface area contributed by atoms with Crippen LogP contribution in [-0.2, 0) is 9.53 Å². The Hall–Kier alpha value is -3.25. The number of hydrogen-bond donors (Lipinski definition) is 2. The van der Waals surface area contributed by atoms with Crippen LogP contribution in [0.2, 0.25) is 0 Å². The number of fused-ring (bicyclic) bond motifs is 2. The van der Waals surface area contributed by atoms with Gasteiger partial charge in [-0.05, 0) is 19.9 Å². The average Bonchev–Trinajstić information content (AvgIpc) is 2.70. The topological polar surface area (TPSA) is 92.7 Å². The summed E-state index contributed by atoms with van der Waals surface area (Å²) in [7, 11) is 0. The standard InChI is InChI=1S/C22H21NO5/c1-13(2)21(27)28-12-22(3,11-24)23-17-10-6-9-16-18(17)20(26)15-8-5-4-7-14(15)19(16)25/h4-10,23-24H,1,11-12H2,2-3H3. The predicted molar refractivity (Wildman–Crippen MR) is 105 cm³/mol. The maximum atomic E-state index is 13.1. The van der Waals surface area contributed by atoms with Gasteiger partial charge in [-0.1, -0.05) is 43.0 Å². The van der Waals surface area contributed by atoms with Crippen molar-refractivity contribution < 1.29 is 24.2 Å². The Morgan fingerprint density at radius 1 is 1.07 bits per heavy atom. The monoisotopic (exact) mass is 379 g/mol. The lowest BCUT2D eigenvalue weighted by Crippen LogP contribution is -2.44. The molecule has 0 saturated heterocycles. The van der Waals surface area contributed by atoms with E-state index in [2.05, 4.69) is 11.9 Å². The number of ketones is 2. The van der Waals surface area contributed by atoms with Crippen LogP contribution in [0.3, 0.4) is 0 Å². The van der Waals surface area contributed by atoms with E-state index in [9.17, 15) is 19.5 Å².